The topological polar surface area (TPSA) is 76.9 Å². The van der Waals surface area contributed by atoms with Crippen LogP contribution in [0.2, 0.25) is 0 Å². The van der Waals surface area contributed by atoms with Crippen LogP contribution in [0.4, 0.5) is 31.5 Å². The summed E-state index contributed by atoms with van der Waals surface area (Å²) in [6.45, 7) is -0.174. The van der Waals surface area contributed by atoms with Gasteiger partial charge in [-0.15, -0.1) is 11.8 Å². The monoisotopic (exact) mass is 602 g/mol. The van der Waals surface area contributed by atoms with Gasteiger partial charge in [0.05, 0.1) is 44.2 Å². The van der Waals surface area contributed by atoms with Crippen molar-refractivity contribution in [2.45, 2.75) is 35.4 Å². The van der Waals surface area contributed by atoms with Crippen LogP contribution in [0.5, 0.6) is 0 Å². The summed E-state index contributed by atoms with van der Waals surface area (Å²) in [5.41, 5.74) is -0.955. The van der Waals surface area contributed by atoms with Crippen molar-refractivity contribution in [1.82, 2.24) is 14.5 Å². The van der Waals surface area contributed by atoms with Gasteiger partial charge >= 0.3 is 12.4 Å². The molecule has 5 rings (SSSR count). The molecule has 1 aliphatic rings. The number of benzene rings is 2. The summed E-state index contributed by atoms with van der Waals surface area (Å²) < 4.78 is 80.0. The Morgan fingerprint density at radius 1 is 1.03 bits per heavy atom. The summed E-state index contributed by atoms with van der Waals surface area (Å²) in [5, 5.41) is 2.82. The molecule has 1 amide bonds. The van der Waals surface area contributed by atoms with Crippen molar-refractivity contribution in [3.63, 3.8) is 0 Å². The van der Waals surface area contributed by atoms with Gasteiger partial charge in [0, 0.05) is 12.2 Å². The van der Waals surface area contributed by atoms with Gasteiger partial charge in [-0.1, -0.05) is 35.2 Å². The second-order valence-electron chi connectivity index (χ2n) is 8.39. The number of thiazole rings is 1. The van der Waals surface area contributed by atoms with E-state index in [0.29, 0.717) is 28.3 Å². The van der Waals surface area contributed by atoms with E-state index >= 15 is 0 Å². The Morgan fingerprint density at radius 3 is 2.51 bits per heavy atom. The van der Waals surface area contributed by atoms with E-state index in [1.54, 1.807) is 0 Å². The molecule has 0 bridgehead atoms. The lowest BCUT2D eigenvalue weighted by atomic mass is 10.1. The zero-order chi connectivity index (χ0) is 27.9. The number of hydrogen-bond acceptors (Lipinski definition) is 7. The summed E-state index contributed by atoms with van der Waals surface area (Å²) in [6, 6.07) is 7.72. The smallest absolute Gasteiger partial charge is 0.301 e. The number of fused-ring (bicyclic) bond motifs is 2. The Bertz CT molecular complexity index is 1630. The molecule has 0 atom stereocenters. The average Bonchev–Trinajstić information content (AvgIpc) is 3.50. The van der Waals surface area contributed by atoms with Gasteiger partial charge in [-0.2, -0.15) is 26.3 Å². The lowest BCUT2D eigenvalue weighted by molar-refractivity contribution is -0.138. The molecule has 39 heavy (non-hydrogen) atoms. The largest absolute Gasteiger partial charge is 0.416 e. The molecule has 204 valence electrons. The maximum Gasteiger partial charge on any atom is 0.416 e. The molecule has 0 aliphatic carbocycles. The third-order valence-corrected chi connectivity index (χ3v) is 8.65. The first kappa shape index (κ1) is 27.5. The minimum atomic E-state index is -4.54. The van der Waals surface area contributed by atoms with Gasteiger partial charge in [-0.05, 0) is 35.9 Å². The van der Waals surface area contributed by atoms with Crippen LogP contribution in [0.1, 0.15) is 22.4 Å². The number of carbonyl (C=O) groups is 1. The minimum absolute atomic E-state index is 0.106. The van der Waals surface area contributed by atoms with Crippen molar-refractivity contribution >= 4 is 56.1 Å². The zero-order valence-corrected chi connectivity index (χ0v) is 22.0. The molecular formula is C24H16F6N4O2S3. The number of halogens is 6. The summed E-state index contributed by atoms with van der Waals surface area (Å²) in [4.78, 5) is 34.9. The van der Waals surface area contributed by atoms with Crippen LogP contribution < -0.4 is 10.9 Å². The fourth-order valence-corrected chi connectivity index (χ4v) is 6.62. The molecule has 4 aromatic rings. The number of hydrogen-bond donors (Lipinski definition) is 1. The summed E-state index contributed by atoms with van der Waals surface area (Å²) in [6.07, 6.45) is -8.51. The minimum Gasteiger partial charge on any atom is -0.301 e. The number of carbonyl (C=O) groups excluding carboxylic acids is 1. The zero-order valence-electron chi connectivity index (χ0n) is 19.5. The first-order valence-corrected chi connectivity index (χ1v) is 14.0. The number of aromatic nitrogens is 3. The van der Waals surface area contributed by atoms with Crippen molar-refractivity contribution in [1.29, 1.82) is 0 Å². The number of nitrogens with zero attached hydrogens (tertiary/aromatic N) is 3. The Balaban J connectivity index is 1.35. The number of nitrogens with one attached hydrogen (secondary N) is 1. The lowest BCUT2D eigenvalue weighted by Gasteiger charge is -2.15. The number of aryl methyl sites for hydroxylation is 1. The molecule has 1 aliphatic heterocycles. The van der Waals surface area contributed by atoms with Gasteiger partial charge in [0.1, 0.15) is 0 Å². The van der Waals surface area contributed by atoms with Crippen molar-refractivity contribution in [2.24, 2.45) is 0 Å². The quantitative estimate of drug-likeness (QED) is 0.158. The van der Waals surface area contributed by atoms with E-state index in [-0.39, 0.29) is 32.8 Å². The molecule has 0 spiro atoms. The summed E-state index contributed by atoms with van der Waals surface area (Å²) >= 11 is 3.14. The second kappa shape index (κ2) is 10.5. The van der Waals surface area contributed by atoms with Crippen LogP contribution in [-0.2, 0) is 30.1 Å². The lowest BCUT2D eigenvalue weighted by Crippen LogP contribution is -2.26. The summed E-state index contributed by atoms with van der Waals surface area (Å²) in [7, 11) is 0. The number of thioether (sulfide) groups is 2. The van der Waals surface area contributed by atoms with E-state index in [0.717, 1.165) is 47.4 Å². The van der Waals surface area contributed by atoms with E-state index in [2.05, 4.69) is 15.3 Å². The van der Waals surface area contributed by atoms with E-state index in [4.69, 9.17) is 0 Å². The third kappa shape index (κ3) is 6.09. The van der Waals surface area contributed by atoms with Crippen LogP contribution in [0.3, 0.4) is 0 Å². The van der Waals surface area contributed by atoms with Gasteiger partial charge < -0.3 is 5.32 Å². The van der Waals surface area contributed by atoms with Crippen molar-refractivity contribution < 1.29 is 31.1 Å². The van der Waals surface area contributed by atoms with Crippen LogP contribution in [0, 0.1) is 0 Å². The Hall–Kier alpha value is -3.04. The van der Waals surface area contributed by atoms with E-state index in [9.17, 15) is 35.9 Å². The number of rotatable bonds is 6. The molecule has 0 saturated heterocycles. The predicted molar refractivity (Wildman–Crippen MR) is 137 cm³/mol. The Labute approximate surface area is 228 Å². The maximum atomic E-state index is 13.2. The standard InChI is InChI=1S/C24H16F6N4O2S3/c25-23(26,27)13-3-1-2-12(8-13)10-34-20(36)19-16(6-7-37-19)32-22(34)38-11-18(35)33-21-31-15-5-4-14(24(28,29)30)9-17(15)39-21/h1-5,8-9H,6-7,10-11H2,(H,31,33,35). The molecule has 6 nitrogen and oxygen atoms in total. The molecule has 3 heterocycles. The van der Waals surface area contributed by atoms with Crippen LogP contribution in [0.15, 0.2) is 57.3 Å². The molecule has 1 N–H and O–H groups in total. The van der Waals surface area contributed by atoms with E-state index in [1.807, 2.05) is 0 Å². The number of amides is 1. The highest BCUT2D eigenvalue weighted by Gasteiger charge is 2.32. The summed E-state index contributed by atoms with van der Waals surface area (Å²) in [5.74, 6) is -0.112. The van der Waals surface area contributed by atoms with Gasteiger partial charge in [-0.3, -0.25) is 14.2 Å². The maximum absolute atomic E-state index is 13.2. The highest BCUT2D eigenvalue weighted by atomic mass is 32.2. The van der Waals surface area contributed by atoms with Crippen LogP contribution in [0.25, 0.3) is 10.2 Å². The number of anilines is 1. The fraction of sp³-hybridized carbons (Fsp3) is 0.250. The van der Waals surface area contributed by atoms with Crippen LogP contribution >= 0.6 is 34.9 Å². The Morgan fingerprint density at radius 2 is 1.77 bits per heavy atom. The molecular weight excluding hydrogens is 586 g/mol. The fourth-order valence-electron chi connectivity index (χ4n) is 3.84. The van der Waals surface area contributed by atoms with Crippen molar-refractivity contribution in [3.05, 3.63) is 75.2 Å². The average molecular weight is 603 g/mol. The SMILES string of the molecule is O=C(CSc1nc2c(c(=O)n1Cc1cccc(C(F)(F)F)c1)SCC2)Nc1nc2ccc(C(F)(F)F)cc2s1. The van der Waals surface area contributed by atoms with E-state index < -0.39 is 34.9 Å². The van der Waals surface area contributed by atoms with Crippen LogP contribution in [-0.4, -0.2) is 31.9 Å². The van der Waals surface area contributed by atoms with E-state index in [1.165, 1.54) is 34.5 Å². The molecule has 0 saturated carbocycles. The number of alkyl halides is 6. The molecule has 0 fully saturated rings. The predicted octanol–water partition coefficient (Wildman–Crippen LogP) is 6.32. The third-order valence-electron chi connectivity index (χ3n) is 5.64. The first-order valence-electron chi connectivity index (χ1n) is 11.2. The van der Waals surface area contributed by atoms with Gasteiger partial charge in [0.15, 0.2) is 10.3 Å². The molecule has 0 unspecified atom stereocenters. The normalized spacial score (nSPS) is 13.6. The molecule has 2 aromatic heterocycles. The van der Waals surface area contributed by atoms with Crippen molar-refractivity contribution in [3.8, 4) is 0 Å². The van der Waals surface area contributed by atoms with Gasteiger partial charge in [0.2, 0.25) is 5.91 Å². The molecule has 2 aromatic carbocycles. The highest BCUT2D eigenvalue weighted by molar-refractivity contribution is 8.00. The van der Waals surface area contributed by atoms with Crippen molar-refractivity contribution in [2.75, 3.05) is 16.8 Å². The second-order valence-corrected chi connectivity index (χ2v) is 11.5. The van der Waals surface area contributed by atoms with Gasteiger partial charge in [0.25, 0.3) is 5.56 Å². The van der Waals surface area contributed by atoms with Gasteiger partial charge in [-0.25, -0.2) is 9.97 Å². The highest BCUT2D eigenvalue weighted by Crippen LogP contribution is 2.35. The first-order chi connectivity index (χ1) is 18.4. The molecule has 15 heteroatoms. The Kier molecular flexibility index (Phi) is 7.41. The molecule has 0 radical (unpaired) electrons.